The number of fused-ring (bicyclic) bond motifs is 1. The van der Waals surface area contributed by atoms with Crippen molar-refractivity contribution in [1.82, 2.24) is 9.55 Å². The van der Waals surface area contributed by atoms with Crippen molar-refractivity contribution in [2.45, 2.75) is 13.0 Å². The van der Waals surface area contributed by atoms with E-state index in [1.807, 2.05) is 59.2 Å². The van der Waals surface area contributed by atoms with E-state index in [0.29, 0.717) is 11.5 Å². The third-order valence-corrected chi connectivity index (χ3v) is 4.89. The van der Waals surface area contributed by atoms with Gasteiger partial charge in [0.2, 0.25) is 0 Å². The molecular formula is C23H22N2O3. The second-order valence-electron chi connectivity index (χ2n) is 6.63. The van der Waals surface area contributed by atoms with E-state index in [9.17, 15) is 5.11 Å². The second kappa shape index (κ2) is 7.37. The van der Waals surface area contributed by atoms with Crippen molar-refractivity contribution in [2.75, 3.05) is 14.2 Å². The maximum Gasteiger partial charge on any atom is 0.168 e. The first-order valence-corrected chi connectivity index (χ1v) is 9.09. The minimum atomic E-state index is -0.515. The number of ether oxygens (including phenoxy) is 2. The number of nitrogens with zero attached hydrogens (tertiary/aromatic N) is 2. The summed E-state index contributed by atoms with van der Waals surface area (Å²) in [5, 5.41) is 9.80. The summed E-state index contributed by atoms with van der Waals surface area (Å²) in [5.41, 5.74) is 5.67. The number of aromatic nitrogens is 2. The third kappa shape index (κ3) is 3.10. The molecule has 0 radical (unpaired) electrons. The highest BCUT2D eigenvalue weighted by Gasteiger charge is 2.13. The van der Waals surface area contributed by atoms with E-state index in [0.717, 1.165) is 33.4 Å². The maximum absolute atomic E-state index is 9.80. The van der Waals surface area contributed by atoms with Gasteiger partial charge in [0.05, 0.1) is 31.4 Å². The molecule has 0 aliphatic heterocycles. The van der Waals surface area contributed by atoms with Crippen LogP contribution >= 0.6 is 0 Å². The number of aliphatic hydroxyl groups is 1. The highest BCUT2D eigenvalue weighted by molar-refractivity contribution is 5.80. The molecule has 1 N–H and O–H groups in total. The third-order valence-electron chi connectivity index (χ3n) is 4.89. The van der Waals surface area contributed by atoms with Crippen molar-refractivity contribution in [3.8, 4) is 28.3 Å². The molecule has 0 aliphatic rings. The van der Waals surface area contributed by atoms with E-state index in [-0.39, 0.29) is 0 Å². The molecule has 1 aromatic heterocycles. The molecule has 0 unspecified atom stereocenters. The van der Waals surface area contributed by atoms with Crippen LogP contribution in [0.25, 0.3) is 27.8 Å². The van der Waals surface area contributed by atoms with E-state index in [2.05, 4.69) is 11.1 Å². The van der Waals surface area contributed by atoms with Crippen molar-refractivity contribution in [3.05, 3.63) is 72.6 Å². The molecule has 3 aromatic carbocycles. The van der Waals surface area contributed by atoms with Gasteiger partial charge in [-0.1, -0.05) is 30.3 Å². The Balaban J connectivity index is 1.81. The highest BCUT2D eigenvalue weighted by Crippen LogP contribution is 2.38. The zero-order valence-electron chi connectivity index (χ0n) is 16.1. The predicted octanol–water partition coefficient (Wildman–Crippen LogP) is 4.76. The topological polar surface area (TPSA) is 56.5 Å². The Morgan fingerprint density at radius 3 is 2.54 bits per heavy atom. The van der Waals surface area contributed by atoms with Gasteiger partial charge in [0.15, 0.2) is 11.5 Å². The van der Waals surface area contributed by atoms with Crippen molar-refractivity contribution >= 4 is 11.0 Å². The summed E-state index contributed by atoms with van der Waals surface area (Å²) in [7, 11) is 3.28. The molecule has 142 valence electrons. The van der Waals surface area contributed by atoms with Gasteiger partial charge in [-0.25, -0.2) is 4.98 Å². The molecule has 5 heteroatoms. The predicted molar refractivity (Wildman–Crippen MR) is 110 cm³/mol. The molecule has 0 amide bonds. The molecule has 4 rings (SSSR count). The molecule has 0 bridgehead atoms. The fourth-order valence-corrected chi connectivity index (χ4v) is 3.43. The van der Waals surface area contributed by atoms with Gasteiger partial charge in [0.1, 0.15) is 6.33 Å². The summed E-state index contributed by atoms with van der Waals surface area (Å²) >= 11 is 0. The monoisotopic (exact) mass is 374 g/mol. The number of rotatable bonds is 5. The fraction of sp³-hybridized carbons (Fsp3) is 0.174. The molecule has 0 fully saturated rings. The van der Waals surface area contributed by atoms with Crippen LogP contribution in [0.1, 0.15) is 18.6 Å². The molecule has 28 heavy (non-hydrogen) atoms. The minimum Gasteiger partial charge on any atom is -0.493 e. The standard InChI is InChI=1S/C23H22N2O3/c1-15(26)16-10-11-21-20(13-16)24-14-25(21)18-7-4-6-17(12-18)19-8-5-9-22(27-2)23(19)28-3/h4-15,26H,1-3H3/t15-/m0/s1. The normalized spacial score (nSPS) is 12.1. The first-order chi connectivity index (χ1) is 13.6. The molecule has 0 saturated heterocycles. The molecule has 4 aromatic rings. The molecule has 0 saturated carbocycles. The van der Waals surface area contributed by atoms with Crippen LogP contribution in [0.3, 0.4) is 0 Å². The van der Waals surface area contributed by atoms with Crippen LogP contribution in [0, 0.1) is 0 Å². The van der Waals surface area contributed by atoms with Gasteiger partial charge < -0.3 is 14.6 Å². The Hall–Kier alpha value is -3.31. The largest absolute Gasteiger partial charge is 0.493 e. The lowest BCUT2D eigenvalue weighted by atomic mass is 10.0. The lowest BCUT2D eigenvalue weighted by Gasteiger charge is -2.14. The molecule has 5 nitrogen and oxygen atoms in total. The van der Waals surface area contributed by atoms with E-state index < -0.39 is 6.10 Å². The summed E-state index contributed by atoms with van der Waals surface area (Å²) in [4.78, 5) is 4.51. The number of methoxy groups -OCH3 is 2. The van der Waals surface area contributed by atoms with Crippen LogP contribution < -0.4 is 9.47 Å². The first-order valence-electron chi connectivity index (χ1n) is 9.09. The van der Waals surface area contributed by atoms with Gasteiger partial charge >= 0.3 is 0 Å². The van der Waals surface area contributed by atoms with Crippen LogP contribution in [-0.4, -0.2) is 28.9 Å². The van der Waals surface area contributed by atoms with Crippen LogP contribution in [0.5, 0.6) is 11.5 Å². The average molecular weight is 374 g/mol. The van der Waals surface area contributed by atoms with Crippen molar-refractivity contribution in [2.24, 2.45) is 0 Å². The lowest BCUT2D eigenvalue weighted by Crippen LogP contribution is -1.96. The Labute approximate surface area is 163 Å². The zero-order chi connectivity index (χ0) is 19.7. The van der Waals surface area contributed by atoms with E-state index in [1.54, 1.807) is 27.5 Å². The van der Waals surface area contributed by atoms with E-state index in [1.165, 1.54) is 0 Å². The quantitative estimate of drug-likeness (QED) is 0.547. The second-order valence-corrected chi connectivity index (χ2v) is 6.63. The van der Waals surface area contributed by atoms with Gasteiger partial charge in [-0.3, -0.25) is 4.57 Å². The Morgan fingerprint density at radius 2 is 1.79 bits per heavy atom. The highest BCUT2D eigenvalue weighted by atomic mass is 16.5. The van der Waals surface area contributed by atoms with Gasteiger partial charge in [0, 0.05) is 11.3 Å². The maximum atomic E-state index is 9.80. The molecule has 1 heterocycles. The van der Waals surface area contributed by atoms with Crippen LogP contribution in [0.4, 0.5) is 0 Å². The van der Waals surface area contributed by atoms with Gasteiger partial charge in [-0.05, 0) is 48.4 Å². The summed E-state index contributed by atoms with van der Waals surface area (Å²) in [5.74, 6) is 1.41. The van der Waals surface area contributed by atoms with E-state index in [4.69, 9.17) is 9.47 Å². The lowest BCUT2D eigenvalue weighted by molar-refractivity contribution is 0.199. The summed E-state index contributed by atoms with van der Waals surface area (Å²) < 4.78 is 13.1. The Kier molecular flexibility index (Phi) is 4.75. The Bertz CT molecular complexity index is 1130. The summed E-state index contributed by atoms with van der Waals surface area (Å²) in [6.45, 7) is 1.75. The van der Waals surface area contributed by atoms with Crippen molar-refractivity contribution in [3.63, 3.8) is 0 Å². The SMILES string of the molecule is COc1cccc(-c2cccc(-n3cnc4cc([C@H](C)O)ccc43)c2)c1OC. The molecular weight excluding hydrogens is 352 g/mol. The van der Waals surface area contributed by atoms with Crippen molar-refractivity contribution in [1.29, 1.82) is 0 Å². The number of hydrogen-bond acceptors (Lipinski definition) is 4. The van der Waals surface area contributed by atoms with Crippen molar-refractivity contribution < 1.29 is 14.6 Å². The smallest absolute Gasteiger partial charge is 0.168 e. The molecule has 0 spiro atoms. The average Bonchev–Trinajstić information content (AvgIpc) is 3.16. The number of hydrogen-bond donors (Lipinski definition) is 1. The fourth-order valence-electron chi connectivity index (χ4n) is 3.43. The molecule has 0 aliphatic carbocycles. The number of para-hydroxylation sites is 1. The first kappa shape index (κ1) is 18.1. The van der Waals surface area contributed by atoms with Crippen LogP contribution in [0.15, 0.2) is 67.0 Å². The number of benzene rings is 3. The van der Waals surface area contributed by atoms with Crippen LogP contribution in [0.2, 0.25) is 0 Å². The number of imidazole rings is 1. The minimum absolute atomic E-state index is 0.515. The van der Waals surface area contributed by atoms with Crippen LogP contribution in [-0.2, 0) is 0 Å². The zero-order valence-corrected chi connectivity index (χ0v) is 16.1. The van der Waals surface area contributed by atoms with Gasteiger partial charge in [-0.15, -0.1) is 0 Å². The summed E-state index contributed by atoms with van der Waals surface area (Å²) in [6, 6.07) is 19.9. The molecule has 1 atom stereocenters. The van der Waals surface area contributed by atoms with Gasteiger partial charge in [0.25, 0.3) is 0 Å². The van der Waals surface area contributed by atoms with Gasteiger partial charge in [-0.2, -0.15) is 0 Å². The Morgan fingerprint density at radius 1 is 0.964 bits per heavy atom. The van der Waals surface area contributed by atoms with E-state index >= 15 is 0 Å². The summed E-state index contributed by atoms with van der Waals surface area (Å²) in [6.07, 6.45) is 1.29. The number of aliphatic hydroxyl groups excluding tert-OH is 1.